The zero-order valence-corrected chi connectivity index (χ0v) is 10.5. The first-order valence-corrected chi connectivity index (χ1v) is 6.93. The number of carbonyl (C=O) groups is 1. The molecule has 4 nitrogen and oxygen atoms in total. The normalized spacial score (nSPS) is 22.9. The fraction of sp³-hybridized carbons (Fsp3) is 0.583. The Kier molecular flexibility index (Phi) is 4.53. The minimum absolute atomic E-state index is 0.0556. The molecule has 1 aromatic rings. The predicted octanol–water partition coefficient (Wildman–Crippen LogP) is 1.04. The first-order chi connectivity index (χ1) is 8.27. The fourth-order valence-corrected chi connectivity index (χ4v) is 2.68. The van der Waals surface area contributed by atoms with Gasteiger partial charge in [0.25, 0.3) is 0 Å². The third kappa shape index (κ3) is 3.52. The standard InChI is InChI=1S/C12H18N2O2S/c15-11(9-4-6-17-8-9)7-14-10-3-1-2-5-13-12(10)16/h4,6,8,10-11,14-15H,1-3,5,7H2,(H,13,16). The van der Waals surface area contributed by atoms with E-state index >= 15 is 0 Å². The van der Waals surface area contributed by atoms with Gasteiger partial charge < -0.3 is 15.7 Å². The van der Waals surface area contributed by atoms with Crippen molar-refractivity contribution in [3.8, 4) is 0 Å². The van der Waals surface area contributed by atoms with Crippen molar-refractivity contribution in [1.82, 2.24) is 10.6 Å². The van der Waals surface area contributed by atoms with E-state index in [1.807, 2.05) is 16.8 Å². The van der Waals surface area contributed by atoms with Gasteiger partial charge >= 0.3 is 0 Å². The second kappa shape index (κ2) is 6.14. The molecule has 5 heteroatoms. The average Bonchev–Trinajstić information content (AvgIpc) is 2.78. The molecule has 1 aliphatic heterocycles. The van der Waals surface area contributed by atoms with Gasteiger partial charge in [-0.3, -0.25) is 4.79 Å². The van der Waals surface area contributed by atoms with Gasteiger partial charge in [-0.15, -0.1) is 0 Å². The Bertz CT molecular complexity index is 353. The van der Waals surface area contributed by atoms with E-state index in [2.05, 4.69) is 10.6 Å². The summed E-state index contributed by atoms with van der Waals surface area (Å²) in [6.45, 7) is 1.19. The number of aliphatic hydroxyl groups excluding tert-OH is 1. The lowest BCUT2D eigenvalue weighted by Crippen LogP contribution is -2.44. The molecular formula is C12H18N2O2S. The monoisotopic (exact) mass is 254 g/mol. The van der Waals surface area contributed by atoms with Crippen LogP contribution in [-0.2, 0) is 4.79 Å². The molecule has 0 spiro atoms. The number of rotatable bonds is 4. The third-order valence-corrected chi connectivity index (χ3v) is 3.72. The van der Waals surface area contributed by atoms with Crippen LogP contribution in [0.5, 0.6) is 0 Å². The lowest BCUT2D eigenvalue weighted by Gasteiger charge is -2.17. The Morgan fingerprint density at radius 2 is 2.47 bits per heavy atom. The Balaban J connectivity index is 1.82. The molecule has 0 bridgehead atoms. The van der Waals surface area contributed by atoms with Crippen LogP contribution < -0.4 is 10.6 Å². The van der Waals surface area contributed by atoms with Crippen molar-refractivity contribution in [2.24, 2.45) is 0 Å². The highest BCUT2D eigenvalue weighted by molar-refractivity contribution is 7.07. The molecule has 0 aromatic carbocycles. The van der Waals surface area contributed by atoms with Crippen LogP contribution in [0.1, 0.15) is 30.9 Å². The highest BCUT2D eigenvalue weighted by Gasteiger charge is 2.21. The lowest BCUT2D eigenvalue weighted by molar-refractivity contribution is -0.122. The van der Waals surface area contributed by atoms with Crippen LogP contribution in [0.15, 0.2) is 16.8 Å². The summed E-state index contributed by atoms with van der Waals surface area (Å²) in [5.74, 6) is 0.0556. The Labute approximate surface area is 105 Å². The maximum absolute atomic E-state index is 11.7. The van der Waals surface area contributed by atoms with Gasteiger partial charge in [-0.1, -0.05) is 0 Å². The van der Waals surface area contributed by atoms with E-state index in [0.717, 1.165) is 31.4 Å². The van der Waals surface area contributed by atoms with Gasteiger partial charge in [0.2, 0.25) is 5.91 Å². The number of amides is 1. The van der Waals surface area contributed by atoms with Crippen molar-refractivity contribution in [2.45, 2.75) is 31.4 Å². The minimum Gasteiger partial charge on any atom is -0.387 e. The lowest BCUT2D eigenvalue weighted by atomic mass is 10.1. The van der Waals surface area contributed by atoms with Gasteiger partial charge in [0.05, 0.1) is 12.1 Å². The zero-order chi connectivity index (χ0) is 12.1. The number of hydrogen-bond acceptors (Lipinski definition) is 4. The molecule has 2 unspecified atom stereocenters. The summed E-state index contributed by atoms with van der Waals surface area (Å²) < 4.78 is 0. The van der Waals surface area contributed by atoms with Crippen molar-refractivity contribution in [3.05, 3.63) is 22.4 Å². The SMILES string of the molecule is O=C1NCCCCC1NCC(O)c1ccsc1. The molecule has 94 valence electrons. The van der Waals surface area contributed by atoms with E-state index in [1.54, 1.807) is 11.3 Å². The summed E-state index contributed by atoms with van der Waals surface area (Å²) in [4.78, 5) is 11.7. The summed E-state index contributed by atoms with van der Waals surface area (Å²) in [6.07, 6.45) is 2.40. The summed E-state index contributed by atoms with van der Waals surface area (Å²) in [5, 5.41) is 19.8. The average molecular weight is 254 g/mol. The van der Waals surface area contributed by atoms with Crippen LogP contribution >= 0.6 is 11.3 Å². The van der Waals surface area contributed by atoms with Crippen molar-refractivity contribution < 1.29 is 9.90 Å². The minimum atomic E-state index is -0.530. The smallest absolute Gasteiger partial charge is 0.237 e. The van der Waals surface area contributed by atoms with Crippen LogP contribution in [0.4, 0.5) is 0 Å². The highest BCUT2D eigenvalue weighted by atomic mass is 32.1. The van der Waals surface area contributed by atoms with Crippen LogP contribution in [0.25, 0.3) is 0 Å². The molecule has 1 amide bonds. The highest BCUT2D eigenvalue weighted by Crippen LogP contribution is 2.15. The van der Waals surface area contributed by atoms with Crippen molar-refractivity contribution in [1.29, 1.82) is 0 Å². The van der Waals surface area contributed by atoms with Crippen LogP contribution in [0.2, 0.25) is 0 Å². The molecule has 1 fully saturated rings. The van der Waals surface area contributed by atoms with Gasteiger partial charge in [0, 0.05) is 13.1 Å². The topological polar surface area (TPSA) is 61.4 Å². The molecule has 3 N–H and O–H groups in total. The molecule has 0 aliphatic carbocycles. The van der Waals surface area contributed by atoms with Crippen molar-refractivity contribution >= 4 is 17.2 Å². The van der Waals surface area contributed by atoms with Gasteiger partial charge in [0.1, 0.15) is 0 Å². The molecule has 0 saturated carbocycles. The zero-order valence-electron chi connectivity index (χ0n) is 9.69. The largest absolute Gasteiger partial charge is 0.387 e. The van der Waals surface area contributed by atoms with E-state index in [0.29, 0.717) is 6.54 Å². The van der Waals surface area contributed by atoms with Crippen molar-refractivity contribution in [2.75, 3.05) is 13.1 Å². The van der Waals surface area contributed by atoms with E-state index < -0.39 is 6.10 Å². The molecule has 2 heterocycles. The van der Waals surface area contributed by atoms with E-state index in [1.165, 1.54) is 0 Å². The van der Waals surface area contributed by atoms with Gasteiger partial charge in [-0.05, 0) is 41.7 Å². The Morgan fingerprint density at radius 3 is 3.24 bits per heavy atom. The number of carbonyl (C=O) groups excluding carboxylic acids is 1. The summed E-state index contributed by atoms with van der Waals surface area (Å²) in [7, 11) is 0. The number of aliphatic hydroxyl groups is 1. The van der Waals surface area contributed by atoms with Crippen LogP contribution in [-0.4, -0.2) is 30.1 Å². The Hall–Kier alpha value is -0.910. The number of hydrogen-bond donors (Lipinski definition) is 3. The van der Waals surface area contributed by atoms with Gasteiger partial charge in [0.15, 0.2) is 0 Å². The first kappa shape index (κ1) is 12.5. The summed E-state index contributed by atoms with van der Waals surface area (Å²) in [5.41, 5.74) is 0.913. The van der Waals surface area contributed by atoms with E-state index in [4.69, 9.17) is 0 Å². The van der Waals surface area contributed by atoms with Gasteiger partial charge in [-0.25, -0.2) is 0 Å². The maximum Gasteiger partial charge on any atom is 0.237 e. The summed E-state index contributed by atoms with van der Waals surface area (Å²) in [6, 6.07) is 1.75. The maximum atomic E-state index is 11.7. The summed E-state index contributed by atoms with van der Waals surface area (Å²) >= 11 is 1.57. The molecule has 1 saturated heterocycles. The van der Waals surface area contributed by atoms with E-state index in [-0.39, 0.29) is 11.9 Å². The molecule has 0 radical (unpaired) electrons. The third-order valence-electron chi connectivity index (χ3n) is 3.02. The van der Waals surface area contributed by atoms with Crippen LogP contribution in [0.3, 0.4) is 0 Å². The first-order valence-electron chi connectivity index (χ1n) is 5.98. The molecule has 2 rings (SSSR count). The number of nitrogens with one attached hydrogen (secondary N) is 2. The molecule has 1 aliphatic rings. The Morgan fingerprint density at radius 1 is 1.59 bits per heavy atom. The molecule has 2 atom stereocenters. The fourth-order valence-electron chi connectivity index (χ4n) is 1.97. The molecule has 1 aromatic heterocycles. The van der Waals surface area contributed by atoms with E-state index in [9.17, 15) is 9.90 Å². The molecule has 17 heavy (non-hydrogen) atoms. The van der Waals surface area contributed by atoms with Crippen molar-refractivity contribution in [3.63, 3.8) is 0 Å². The number of thiophene rings is 1. The quantitative estimate of drug-likeness (QED) is 0.752. The molecular weight excluding hydrogens is 236 g/mol. The predicted molar refractivity (Wildman–Crippen MR) is 67.9 cm³/mol. The second-order valence-electron chi connectivity index (χ2n) is 4.32. The second-order valence-corrected chi connectivity index (χ2v) is 5.10. The van der Waals surface area contributed by atoms with Crippen LogP contribution in [0, 0.1) is 0 Å². The van der Waals surface area contributed by atoms with Gasteiger partial charge in [-0.2, -0.15) is 11.3 Å².